The predicted octanol–water partition coefficient (Wildman–Crippen LogP) is 3.26. The third kappa shape index (κ3) is 1.74. The Labute approximate surface area is 73.1 Å². The van der Waals surface area contributed by atoms with E-state index in [2.05, 4.69) is 27.0 Å². The molecular weight excluding hydrogens is 152 g/mol. The van der Waals surface area contributed by atoms with E-state index in [1.165, 1.54) is 18.6 Å². The summed E-state index contributed by atoms with van der Waals surface area (Å²) in [4.78, 5) is 0. The SMILES string of the molecule is CCS1(C)CCCC1C(C)C. The van der Waals surface area contributed by atoms with Gasteiger partial charge in [0.2, 0.25) is 0 Å². The quantitative estimate of drug-likeness (QED) is 0.603. The molecule has 0 amide bonds. The van der Waals surface area contributed by atoms with Crippen molar-refractivity contribution < 1.29 is 0 Å². The van der Waals surface area contributed by atoms with Gasteiger partial charge < -0.3 is 0 Å². The highest BCUT2D eigenvalue weighted by Gasteiger charge is 2.34. The lowest BCUT2D eigenvalue weighted by molar-refractivity contribution is 0.583. The molecule has 0 bridgehead atoms. The first-order valence-corrected chi connectivity index (χ1v) is 7.27. The van der Waals surface area contributed by atoms with E-state index in [1.807, 2.05) is 0 Å². The summed E-state index contributed by atoms with van der Waals surface area (Å²) in [5.74, 6) is 3.93. The molecule has 1 saturated heterocycles. The molecule has 0 aliphatic carbocycles. The molecule has 11 heavy (non-hydrogen) atoms. The minimum absolute atomic E-state index is 0.182. The molecule has 0 aromatic heterocycles. The van der Waals surface area contributed by atoms with Gasteiger partial charge in [0.1, 0.15) is 0 Å². The zero-order valence-electron chi connectivity index (χ0n) is 8.39. The van der Waals surface area contributed by atoms with Crippen LogP contribution in [0.3, 0.4) is 0 Å². The van der Waals surface area contributed by atoms with Crippen LogP contribution in [0, 0.1) is 5.92 Å². The summed E-state index contributed by atoms with van der Waals surface area (Å²) in [5.41, 5.74) is 0. The summed E-state index contributed by atoms with van der Waals surface area (Å²) < 4.78 is 0. The fourth-order valence-corrected chi connectivity index (χ4v) is 6.29. The van der Waals surface area contributed by atoms with Crippen molar-refractivity contribution in [2.45, 2.75) is 38.9 Å². The number of hydrogen-bond acceptors (Lipinski definition) is 0. The summed E-state index contributed by atoms with van der Waals surface area (Å²) in [7, 11) is -0.182. The second kappa shape index (κ2) is 3.38. The van der Waals surface area contributed by atoms with Gasteiger partial charge in [0.25, 0.3) is 0 Å². The van der Waals surface area contributed by atoms with Crippen LogP contribution in [-0.2, 0) is 0 Å². The zero-order valence-corrected chi connectivity index (χ0v) is 9.21. The second-order valence-electron chi connectivity index (χ2n) is 4.27. The molecule has 1 heteroatoms. The van der Waals surface area contributed by atoms with Gasteiger partial charge >= 0.3 is 0 Å². The molecule has 68 valence electrons. The van der Waals surface area contributed by atoms with Gasteiger partial charge in [0, 0.05) is 0 Å². The first kappa shape index (κ1) is 9.44. The van der Waals surface area contributed by atoms with Gasteiger partial charge in [0.15, 0.2) is 0 Å². The molecule has 0 aromatic rings. The third-order valence-corrected chi connectivity index (χ3v) is 8.02. The van der Waals surface area contributed by atoms with Crippen LogP contribution in [-0.4, -0.2) is 23.0 Å². The maximum atomic E-state index is 2.56. The van der Waals surface area contributed by atoms with Crippen LogP contribution in [0.25, 0.3) is 0 Å². The van der Waals surface area contributed by atoms with Crippen LogP contribution in [0.5, 0.6) is 0 Å². The number of rotatable bonds is 2. The zero-order chi connectivity index (χ0) is 8.48. The molecule has 0 radical (unpaired) electrons. The Morgan fingerprint density at radius 1 is 1.45 bits per heavy atom. The minimum Gasteiger partial charge on any atom is -0.241 e. The Bertz CT molecular complexity index is 131. The van der Waals surface area contributed by atoms with E-state index < -0.39 is 0 Å². The lowest BCUT2D eigenvalue weighted by Gasteiger charge is -2.39. The van der Waals surface area contributed by atoms with Crippen molar-refractivity contribution in [1.29, 1.82) is 0 Å². The van der Waals surface area contributed by atoms with Crippen LogP contribution < -0.4 is 0 Å². The van der Waals surface area contributed by atoms with E-state index in [4.69, 9.17) is 0 Å². The van der Waals surface area contributed by atoms with Crippen molar-refractivity contribution in [1.82, 2.24) is 0 Å². The van der Waals surface area contributed by atoms with Crippen molar-refractivity contribution in [2.75, 3.05) is 17.8 Å². The van der Waals surface area contributed by atoms with Crippen molar-refractivity contribution in [3.8, 4) is 0 Å². The maximum Gasteiger partial charge on any atom is -0.00909 e. The van der Waals surface area contributed by atoms with Gasteiger partial charge in [-0.3, -0.25) is 0 Å². The molecule has 1 aliphatic heterocycles. The summed E-state index contributed by atoms with van der Waals surface area (Å²) in [6, 6.07) is 0. The Morgan fingerprint density at radius 3 is 2.45 bits per heavy atom. The Morgan fingerprint density at radius 2 is 2.09 bits per heavy atom. The van der Waals surface area contributed by atoms with E-state index in [9.17, 15) is 0 Å². The third-order valence-electron chi connectivity index (χ3n) is 3.23. The summed E-state index contributed by atoms with van der Waals surface area (Å²) in [5, 5.41) is 1.08. The Balaban J connectivity index is 2.64. The van der Waals surface area contributed by atoms with Crippen LogP contribution in [0.1, 0.15) is 33.6 Å². The fourth-order valence-electron chi connectivity index (χ4n) is 2.40. The minimum atomic E-state index is -0.182. The normalized spacial score (nSPS) is 44.3. The second-order valence-corrected chi connectivity index (χ2v) is 8.56. The largest absolute Gasteiger partial charge is 0.241 e. The lowest BCUT2D eigenvalue weighted by atomic mass is 10.1. The average molecular weight is 174 g/mol. The van der Waals surface area contributed by atoms with Crippen LogP contribution in [0.15, 0.2) is 0 Å². The Kier molecular flexibility index (Phi) is 2.90. The molecule has 1 rings (SSSR count). The van der Waals surface area contributed by atoms with E-state index in [0.29, 0.717) is 0 Å². The van der Waals surface area contributed by atoms with Gasteiger partial charge in [0.05, 0.1) is 0 Å². The molecule has 0 saturated carbocycles. The number of hydrogen-bond donors (Lipinski definition) is 0. The molecule has 1 heterocycles. The molecule has 2 unspecified atom stereocenters. The van der Waals surface area contributed by atoms with E-state index in [0.717, 1.165) is 11.2 Å². The highest BCUT2D eigenvalue weighted by atomic mass is 32.3. The first-order valence-electron chi connectivity index (χ1n) is 4.82. The molecule has 2 atom stereocenters. The van der Waals surface area contributed by atoms with Crippen molar-refractivity contribution >= 4 is 10.0 Å². The van der Waals surface area contributed by atoms with Gasteiger partial charge in [-0.15, -0.1) is 0 Å². The monoisotopic (exact) mass is 174 g/mol. The van der Waals surface area contributed by atoms with E-state index >= 15 is 0 Å². The predicted molar refractivity (Wildman–Crippen MR) is 56.8 cm³/mol. The summed E-state index contributed by atoms with van der Waals surface area (Å²) in [6.07, 6.45) is 5.57. The molecular formula is C10H22S. The fraction of sp³-hybridized carbons (Fsp3) is 1.00. The van der Waals surface area contributed by atoms with Crippen molar-refractivity contribution in [3.63, 3.8) is 0 Å². The van der Waals surface area contributed by atoms with Gasteiger partial charge in [-0.1, -0.05) is 20.8 Å². The maximum absolute atomic E-state index is 2.56. The van der Waals surface area contributed by atoms with Gasteiger partial charge in [-0.2, -0.15) is 0 Å². The Hall–Kier alpha value is 0.350. The van der Waals surface area contributed by atoms with Crippen LogP contribution >= 0.6 is 10.0 Å². The van der Waals surface area contributed by atoms with Crippen LogP contribution in [0.4, 0.5) is 0 Å². The highest BCUT2D eigenvalue weighted by molar-refractivity contribution is 8.33. The van der Waals surface area contributed by atoms with Gasteiger partial charge in [-0.05, 0) is 41.8 Å². The lowest BCUT2D eigenvalue weighted by Crippen LogP contribution is -2.20. The first-order chi connectivity index (χ1) is 5.10. The molecule has 0 nitrogen and oxygen atoms in total. The average Bonchev–Trinajstić information content (AvgIpc) is 2.32. The molecule has 0 N–H and O–H groups in total. The van der Waals surface area contributed by atoms with Crippen molar-refractivity contribution in [3.05, 3.63) is 0 Å². The highest BCUT2D eigenvalue weighted by Crippen LogP contribution is 2.58. The van der Waals surface area contributed by atoms with E-state index in [-0.39, 0.29) is 10.0 Å². The smallest absolute Gasteiger partial charge is 0.00909 e. The molecule has 1 aliphatic rings. The topological polar surface area (TPSA) is 0 Å². The summed E-state index contributed by atoms with van der Waals surface area (Å²) in [6.45, 7) is 7.18. The summed E-state index contributed by atoms with van der Waals surface area (Å²) >= 11 is 0. The van der Waals surface area contributed by atoms with Gasteiger partial charge in [-0.25, -0.2) is 10.0 Å². The van der Waals surface area contributed by atoms with E-state index in [1.54, 1.807) is 5.75 Å². The molecule has 0 spiro atoms. The van der Waals surface area contributed by atoms with Crippen LogP contribution in [0.2, 0.25) is 0 Å². The van der Waals surface area contributed by atoms with Crippen molar-refractivity contribution in [2.24, 2.45) is 5.92 Å². The standard InChI is InChI=1S/C10H22S/c1-5-11(4)8-6-7-10(11)9(2)3/h9-10H,5-8H2,1-4H3. The molecule has 0 aromatic carbocycles. The molecule has 1 fully saturated rings.